The number of nitrogens with zero attached hydrogens (tertiary/aromatic N) is 1. The Morgan fingerprint density at radius 2 is 1.96 bits per heavy atom. The molecule has 0 aliphatic carbocycles. The lowest BCUT2D eigenvalue weighted by Gasteiger charge is -2.12. The van der Waals surface area contributed by atoms with E-state index in [9.17, 15) is 14.3 Å². The van der Waals surface area contributed by atoms with Gasteiger partial charge in [-0.05, 0) is 36.5 Å². The number of nitrogens with one attached hydrogen (secondary N) is 2. The number of aromatic carboxylic acids is 1. The van der Waals surface area contributed by atoms with Gasteiger partial charge >= 0.3 is 5.97 Å². The van der Waals surface area contributed by atoms with E-state index in [2.05, 4.69) is 15.8 Å². The van der Waals surface area contributed by atoms with Crippen molar-refractivity contribution in [2.24, 2.45) is 5.10 Å². The average Bonchev–Trinajstić information content (AvgIpc) is 2.62. The van der Waals surface area contributed by atoms with Gasteiger partial charge in [0.1, 0.15) is 11.4 Å². The highest BCUT2D eigenvalue weighted by molar-refractivity contribution is 7.80. The number of benzene rings is 2. The molecule has 0 saturated heterocycles. The Balaban J connectivity index is 2.16. The molecular weight excluding hydrogens is 361 g/mol. The number of carbonyl (C=O) groups is 1. The molecule has 136 valence electrons. The van der Waals surface area contributed by atoms with Crippen molar-refractivity contribution in [1.29, 1.82) is 0 Å². The number of methoxy groups -OCH3 is 2. The van der Waals surface area contributed by atoms with Crippen molar-refractivity contribution in [3.05, 3.63) is 53.3 Å². The third kappa shape index (κ3) is 4.45. The monoisotopic (exact) mass is 377 g/mol. The second-order valence-corrected chi connectivity index (χ2v) is 5.28. The molecule has 0 aliphatic rings. The predicted molar refractivity (Wildman–Crippen MR) is 99.9 cm³/mol. The number of carboxylic acids is 1. The quantitative estimate of drug-likeness (QED) is 0.405. The van der Waals surface area contributed by atoms with Gasteiger partial charge in [0.05, 0.1) is 26.1 Å². The number of thiocarbonyl (C=S) groups is 1. The highest BCUT2D eigenvalue weighted by Gasteiger charge is 2.20. The molecule has 0 heterocycles. The fourth-order valence-corrected chi connectivity index (χ4v) is 2.31. The molecule has 26 heavy (non-hydrogen) atoms. The number of carboxylic acid groups (broad SMARTS) is 1. The summed E-state index contributed by atoms with van der Waals surface area (Å²) in [7, 11) is 2.75. The zero-order valence-corrected chi connectivity index (χ0v) is 14.8. The highest BCUT2D eigenvalue weighted by atomic mass is 32.1. The van der Waals surface area contributed by atoms with Gasteiger partial charge in [0, 0.05) is 5.56 Å². The van der Waals surface area contributed by atoms with E-state index in [0.29, 0.717) is 0 Å². The lowest BCUT2D eigenvalue weighted by Crippen LogP contribution is -2.24. The lowest BCUT2D eigenvalue weighted by atomic mass is 10.1. The van der Waals surface area contributed by atoms with Crippen LogP contribution in [0.3, 0.4) is 0 Å². The predicted octanol–water partition coefficient (Wildman–Crippen LogP) is 2.86. The van der Waals surface area contributed by atoms with Crippen LogP contribution in [0.25, 0.3) is 0 Å². The molecule has 0 spiro atoms. The van der Waals surface area contributed by atoms with Gasteiger partial charge in [-0.25, -0.2) is 9.18 Å². The molecule has 2 aromatic carbocycles. The van der Waals surface area contributed by atoms with Crippen LogP contribution >= 0.6 is 12.2 Å². The van der Waals surface area contributed by atoms with Gasteiger partial charge < -0.3 is 19.9 Å². The van der Waals surface area contributed by atoms with Crippen LogP contribution in [-0.2, 0) is 0 Å². The van der Waals surface area contributed by atoms with E-state index in [0.717, 1.165) is 0 Å². The number of anilines is 1. The van der Waals surface area contributed by atoms with Crippen LogP contribution in [0.4, 0.5) is 10.1 Å². The third-order valence-electron chi connectivity index (χ3n) is 3.28. The van der Waals surface area contributed by atoms with Gasteiger partial charge in [0.15, 0.2) is 16.6 Å². The Bertz CT molecular complexity index is 858. The minimum atomic E-state index is -1.20. The summed E-state index contributed by atoms with van der Waals surface area (Å²) in [6, 6.07) is 9.09. The number of hydrogen-bond acceptors (Lipinski definition) is 5. The fourth-order valence-electron chi connectivity index (χ4n) is 2.14. The van der Waals surface area contributed by atoms with Gasteiger partial charge in [0.2, 0.25) is 0 Å². The standard InChI is InChI=1S/C17H16FN3O4S/c1-24-13-8-7-10(14(16(22)23)15(13)25-2)9-19-21-17(26)20-12-6-4-3-5-11(12)18/h3-9H,1-2H3,(H,22,23)(H2,20,21,26)/b19-9-. The zero-order valence-electron chi connectivity index (χ0n) is 13.9. The van der Waals surface area contributed by atoms with Crippen LogP contribution in [0, 0.1) is 5.82 Å². The molecule has 3 N–H and O–H groups in total. The maximum atomic E-state index is 13.6. The first-order valence-electron chi connectivity index (χ1n) is 7.30. The summed E-state index contributed by atoms with van der Waals surface area (Å²) in [4.78, 5) is 11.5. The van der Waals surface area contributed by atoms with E-state index in [1.165, 1.54) is 38.6 Å². The van der Waals surface area contributed by atoms with E-state index in [1.54, 1.807) is 18.2 Å². The number of hydrogen-bond donors (Lipinski definition) is 3. The summed E-state index contributed by atoms with van der Waals surface area (Å²) in [5, 5.41) is 16.0. The van der Waals surface area contributed by atoms with Gasteiger partial charge in [-0.1, -0.05) is 12.1 Å². The summed E-state index contributed by atoms with van der Waals surface area (Å²) in [5.41, 5.74) is 2.86. The van der Waals surface area contributed by atoms with Gasteiger partial charge in [0.25, 0.3) is 0 Å². The molecule has 2 aromatic rings. The SMILES string of the molecule is COc1ccc(/C=N\NC(=S)Nc2ccccc2F)c(C(=O)O)c1OC. The smallest absolute Gasteiger partial charge is 0.340 e. The van der Waals surface area contributed by atoms with Crippen LogP contribution in [-0.4, -0.2) is 36.6 Å². The summed E-state index contributed by atoms with van der Waals surface area (Å²) in [5.74, 6) is -1.30. The normalized spacial score (nSPS) is 10.4. The second-order valence-electron chi connectivity index (χ2n) is 4.87. The Hall–Kier alpha value is -3.20. The van der Waals surface area contributed by atoms with Crippen molar-refractivity contribution >= 4 is 35.2 Å². The number of para-hydroxylation sites is 1. The van der Waals surface area contributed by atoms with E-state index >= 15 is 0 Å². The van der Waals surface area contributed by atoms with Crippen molar-refractivity contribution < 1.29 is 23.8 Å². The van der Waals surface area contributed by atoms with Crippen LogP contribution in [0.1, 0.15) is 15.9 Å². The molecule has 0 aromatic heterocycles. The maximum Gasteiger partial charge on any atom is 0.340 e. The third-order valence-corrected chi connectivity index (χ3v) is 3.48. The topological polar surface area (TPSA) is 92.2 Å². The molecular formula is C17H16FN3O4S. The van der Waals surface area contributed by atoms with Crippen molar-refractivity contribution in [2.75, 3.05) is 19.5 Å². The minimum Gasteiger partial charge on any atom is -0.493 e. The maximum absolute atomic E-state index is 13.6. The summed E-state index contributed by atoms with van der Waals surface area (Å²) < 4.78 is 23.8. The van der Waals surface area contributed by atoms with Gasteiger partial charge in [-0.3, -0.25) is 5.43 Å². The molecule has 0 amide bonds. The van der Waals surface area contributed by atoms with Gasteiger partial charge in [-0.15, -0.1) is 0 Å². The van der Waals surface area contributed by atoms with E-state index in [-0.39, 0.29) is 33.4 Å². The van der Waals surface area contributed by atoms with Crippen LogP contribution in [0.2, 0.25) is 0 Å². The fraction of sp³-hybridized carbons (Fsp3) is 0.118. The van der Waals surface area contributed by atoms with Crippen molar-refractivity contribution in [3.63, 3.8) is 0 Å². The van der Waals surface area contributed by atoms with E-state index in [1.807, 2.05) is 0 Å². The molecule has 0 atom stereocenters. The molecule has 0 radical (unpaired) electrons. The molecule has 0 saturated carbocycles. The number of rotatable bonds is 6. The van der Waals surface area contributed by atoms with E-state index < -0.39 is 11.8 Å². The van der Waals surface area contributed by atoms with Crippen LogP contribution < -0.4 is 20.2 Å². The largest absolute Gasteiger partial charge is 0.493 e. The first-order chi connectivity index (χ1) is 12.5. The summed E-state index contributed by atoms with van der Waals surface area (Å²) >= 11 is 5.02. The van der Waals surface area contributed by atoms with Crippen LogP contribution in [0.5, 0.6) is 11.5 Å². The lowest BCUT2D eigenvalue weighted by molar-refractivity contribution is 0.0692. The molecule has 0 unspecified atom stereocenters. The Kier molecular flexibility index (Phi) is 6.45. The number of hydrazone groups is 1. The summed E-state index contributed by atoms with van der Waals surface area (Å²) in [6.45, 7) is 0. The minimum absolute atomic E-state index is 0.0451. The zero-order chi connectivity index (χ0) is 19.1. The Labute approximate surface area is 154 Å². The highest BCUT2D eigenvalue weighted by Crippen LogP contribution is 2.32. The van der Waals surface area contributed by atoms with Crippen LogP contribution in [0.15, 0.2) is 41.5 Å². The first kappa shape index (κ1) is 19.1. The Morgan fingerprint density at radius 1 is 1.23 bits per heavy atom. The first-order valence-corrected chi connectivity index (χ1v) is 7.71. The molecule has 2 rings (SSSR count). The number of halogens is 1. The number of ether oxygens (including phenoxy) is 2. The van der Waals surface area contributed by atoms with Crippen molar-refractivity contribution in [2.45, 2.75) is 0 Å². The molecule has 7 nitrogen and oxygen atoms in total. The van der Waals surface area contributed by atoms with Crippen molar-refractivity contribution in [3.8, 4) is 11.5 Å². The average molecular weight is 377 g/mol. The molecule has 9 heteroatoms. The molecule has 0 bridgehead atoms. The van der Waals surface area contributed by atoms with Gasteiger partial charge in [-0.2, -0.15) is 5.10 Å². The van der Waals surface area contributed by atoms with E-state index in [4.69, 9.17) is 21.7 Å². The second kappa shape index (κ2) is 8.77. The van der Waals surface area contributed by atoms with Crippen molar-refractivity contribution in [1.82, 2.24) is 5.43 Å². The Morgan fingerprint density at radius 3 is 2.58 bits per heavy atom. The molecule has 0 fully saturated rings. The molecule has 0 aliphatic heterocycles. The summed E-state index contributed by atoms with van der Waals surface area (Å²) in [6.07, 6.45) is 1.26.